The summed E-state index contributed by atoms with van der Waals surface area (Å²) in [5, 5.41) is 8.97. The topological polar surface area (TPSA) is 37.3 Å². The molecular formula is C12H16O2. The zero-order valence-electron chi connectivity index (χ0n) is 8.87. The summed E-state index contributed by atoms with van der Waals surface area (Å²) < 4.78 is 0. The van der Waals surface area contributed by atoms with Crippen LogP contribution < -0.4 is 0 Å². The Morgan fingerprint density at radius 3 is 2.57 bits per heavy atom. The molecule has 0 aromatic heterocycles. The number of carboxylic acids is 1. The van der Waals surface area contributed by atoms with Gasteiger partial charge in [0.2, 0.25) is 0 Å². The molecule has 0 heterocycles. The van der Waals surface area contributed by atoms with Crippen molar-refractivity contribution in [3.63, 3.8) is 0 Å². The fourth-order valence-corrected chi connectivity index (χ4v) is 1.54. The van der Waals surface area contributed by atoms with Crippen molar-refractivity contribution < 1.29 is 9.90 Å². The molecule has 2 heteroatoms. The SMILES string of the molecule is Cc1ccc(C(=O)O)c(CC(C)C)c1. The highest BCUT2D eigenvalue weighted by Crippen LogP contribution is 2.16. The van der Waals surface area contributed by atoms with Gasteiger partial charge in [-0.1, -0.05) is 31.5 Å². The first-order chi connectivity index (χ1) is 6.50. The third-order valence-corrected chi connectivity index (χ3v) is 2.12. The zero-order valence-corrected chi connectivity index (χ0v) is 8.87. The van der Waals surface area contributed by atoms with Crippen LogP contribution in [0.15, 0.2) is 18.2 Å². The minimum atomic E-state index is -0.833. The van der Waals surface area contributed by atoms with E-state index in [1.165, 1.54) is 0 Å². The molecule has 0 radical (unpaired) electrons. The van der Waals surface area contributed by atoms with Crippen molar-refractivity contribution in [1.29, 1.82) is 0 Å². The van der Waals surface area contributed by atoms with E-state index in [1.54, 1.807) is 6.07 Å². The number of hydrogen-bond donors (Lipinski definition) is 1. The quantitative estimate of drug-likeness (QED) is 0.799. The molecular weight excluding hydrogens is 176 g/mol. The molecule has 0 aliphatic rings. The van der Waals surface area contributed by atoms with Crippen molar-refractivity contribution in [1.82, 2.24) is 0 Å². The monoisotopic (exact) mass is 192 g/mol. The van der Waals surface area contributed by atoms with Crippen LogP contribution in [0.2, 0.25) is 0 Å². The van der Waals surface area contributed by atoms with Gasteiger partial charge >= 0.3 is 5.97 Å². The molecule has 1 aromatic carbocycles. The summed E-state index contributed by atoms with van der Waals surface area (Å²) in [4.78, 5) is 10.9. The molecule has 1 rings (SSSR count). The van der Waals surface area contributed by atoms with Gasteiger partial charge in [0.15, 0.2) is 0 Å². The second-order valence-electron chi connectivity index (χ2n) is 4.06. The van der Waals surface area contributed by atoms with Gasteiger partial charge in [-0.15, -0.1) is 0 Å². The van der Waals surface area contributed by atoms with E-state index < -0.39 is 5.97 Å². The van der Waals surface area contributed by atoms with Gasteiger partial charge in [-0.2, -0.15) is 0 Å². The molecule has 14 heavy (non-hydrogen) atoms. The molecule has 0 spiro atoms. The molecule has 2 nitrogen and oxygen atoms in total. The first kappa shape index (κ1) is 10.8. The Bertz CT molecular complexity index is 340. The molecule has 0 unspecified atom stereocenters. The van der Waals surface area contributed by atoms with Crippen LogP contribution in [0, 0.1) is 12.8 Å². The number of carboxylic acid groups (broad SMARTS) is 1. The van der Waals surface area contributed by atoms with Gasteiger partial charge in [0.1, 0.15) is 0 Å². The van der Waals surface area contributed by atoms with Crippen molar-refractivity contribution in [2.75, 3.05) is 0 Å². The lowest BCUT2D eigenvalue weighted by Gasteiger charge is -2.09. The second kappa shape index (κ2) is 4.27. The van der Waals surface area contributed by atoms with E-state index in [1.807, 2.05) is 19.1 Å². The van der Waals surface area contributed by atoms with Crippen LogP contribution in [0.3, 0.4) is 0 Å². The molecule has 0 atom stereocenters. The molecule has 0 bridgehead atoms. The van der Waals surface area contributed by atoms with Crippen LogP contribution in [0.25, 0.3) is 0 Å². The number of benzene rings is 1. The van der Waals surface area contributed by atoms with Crippen LogP contribution >= 0.6 is 0 Å². The lowest BCUT2D eigenvalue weighted by Crippen LogP contribution is -2.05. The molecule has 0 aliphatic carbocycles. The van der Waals surface area contributed by atoms with Crippen molar-refractivity contribution in [2.24, 2.45) is 5.92 Å². The summed E-state index contributed by atoms with van der Waals surface area (Å²) in [7, 11) is 0. The van der Waals surface area contributed by atoms with Crippen LogP contribution in [0.5, 0.6) is 0 Å². The van der Waals surface area contributed by atoms with E-state index in [9.17, 15) is 4.79 Å². The van der Waals surface area contributed by atoms with Crippen molar-refractivity contribution in [3.05, 3.63) is 34.9 Å². The highest BCUT2D eigenvalue weighted by Gasteiger charge is 2.10. The first-order valence-electron chi connectivity index (χ1n) is 4.83. The smallest absolute Gasteiger partial charge is 0.335 e. The van der Waals surface area contributed by atoms with Crippen molar-refractivity contribution in [3.8, 4) is 0 Å². The molecule has 1 N–H and O–H groups in total. The van der Waals surface area contributed by atoms with E-state index in [4.69, 9.17) is 5.11 Å². The Balaban J connectivity index is 3.09. The Labute approximate surface area is 84.6 Å². The van der Waals surface area contributed by atoms with Gasteiger partial charge in [0.05, 0.1) is 5.56 Å². The Hall–Kier alpha value is -1.31. The van der Waals surface area contributed by atoms with E-state index in [2.05, 4.69) is 13.8 Å². The molecule has 0 fully saturated rings. The Kier molecular flexibility index (Phi) is 3.28. The molecule has 76 valence electrons. The fraction of sp³-hybridized carbons (Fsp3) is 0.417. The summed E-state index contributed by atoms with van der Waals surface area (Å²) in [5.74, 6) is -0.351. The van der Waals surface area contributed by atoms with Crippen molar-refractivity contribution in [2.45, 2.75) is 27.2 Å². The Morgan fingerprint density at radius 1 is 1.43 bits per heavy atom. The average molecular weight is 192 g/mol. The normalized spacial score (nSPS) is 10.6. The molecule has 1 aromatic rings. The van der Waals surface area contributed by atoms with Crippen LogP contribution in [0.1, 0.15) is 35.3 Å². The number of rotatable bonds is 3. The van der Waals surface area contributed by atoms with Gasteiger partial charge in [-0.3, -0.25) is 0 Å². The fourth-order valence-electron chi connectivity index (χ4n) is 1.54. The highest BCUT2D eigenvalue weighted by molar-refractivity contribution is 5.89. The van der Waals surface area contributed by atoms with E-state index in [0.29, 0.717) is 11.5 Å². The molecule has 0 saturated heterocycles. The van der Waals surface area contributed by atoms with E-state index >= 15 is 0 Å². The molecule has 0 amide bonds. The van der Waals surface area contributed by atoms with Gasteiger partial charge in [0, 0.05) is 0 Å². The minimum absolute atomic E-state index is 0.435. The number of aromatic carboxylic acids is 1. The maximum absolute atomic E-state index is 10.9. The van der Waals surface area contributed by atoms with Gasteiger partial charge in [0.25, 0.3) is 0 Å². The summed E-state index contributed by atoms with van der Waals surface area (Å²) in [6.07, 6.45) is 0.823. The van der Waals surface area contributed by atoms with Crippen LogP contribution in [-0.4, -0.2) is 11.1 Å². The number of carbonyl (C=O) groups is 1. The zero-order chi connectivity index (χ0) is 10.7. The Morgan fingerprint density at radius 2 is 2.07 bits per heavy atom. The summed E-state index contributed by atoms with van der Waals surface area (Å²) in [6, 6.07) is 5.49. The minimum Gasteiger partial charge on any atom is -0.478 e. The van der Waals surface area contributed by atoms with Gasteiger partial charge in [-0.05, 0) is 30.9 Å². The third-order valence-electron chi connectivity index (χ3n) is 2.12. The summed E-state index contributed by atoms with van der Waals surface area (Å²) in [5.41, 5.74) is 2.49. The van der Waals surface area contributed by atoms with E-state index in [-0.39, 0.29) is 0 Å². The molecule has 0 saturated carbocycles. The third kappa shape index (κ3) is 2.59. The first-order valence-corrected chi connectivity index (χ1v) is 4.83. The lowest BCUT2D eigenvalue weighted by molar-refractivity contribution is 0.0695. The predicted molar refractivity (Wildman–Crippen MR) is 56.7 cm³/mol. The predicted octanol–water partition coefficient (Wildman–Crippen LogP) is 2.89. The van der Waals surface area contributed by atoms with Crippen molar-refractivity contribution >= 4 is 5.97 Å². The average Bonchev–Trinajstić information content (AvgIpc) is 2.01. The highest BCUT2D eigenvalue weighted by atomic mass is 16.4. The number of hydrogen-bond acceptors (Lipinski definition) is 1. The molecule has 0 aliphatic heterocycles. The standard InChI is InChI=1S/C12H16O2/c1-8(2)6-10-7-9(3)4-5-11(10)12(13)14/h4-5,7-8H,6H2,1-3H3,(H,13,14). The maximum Gasteiger partial charge on any atom is 0.335 e. The second-order valence-corrected chi connectivity index (χ2v) is 4.06. The van der Waals surface area contributed by atoms with Crippen LogP contribution in [0.4, 0.5) is 0 Å². The maximum atomic E-state index is 10.9. The lowest BCUT2D eigenvalue weighted by atomic mass is 9.96. The summed E-state index contributed by atoms with van der Waals surface area (Å²) in [6.45, 7) is 6.16. The van der Waals surface area contributed by atoms with E-state index in [0.717, 1.165) is 17.5 Å². The largest absolute Gasteiger partial charge is 0.478 e. The van der Waals surface area contributed by atoms with Gasteiger partial charge < -0.3 is 5.11 Å². The summed E-state index contributed by atoms with van der Waals surface area (Å²) >= 11 is 0. The number of aryl methyl sites for hydroxylation is 1. The van der Waals surface area contributed by atoms with Crippen LogP contribution in [-0.2, 0) is 6.42 Å². The van der Waals surface area contributed by atoms with Gasteiger partial charge in [-0.25, -0.2) is 4.79 Å².